The number of halogens is 1. The molecule has 0 spiro atoms. The molecule has 106 valence electrons. The van der Waals surface area contributed by atoms with E-state index in [1.165, 1.54) is 16.8 Å². The fourth-order valence-electron chi connectivity index (χ4n) is 1.75. The molecule has 1 heterocycles. The largest absolute Gasteiger partial charge is 0.344 e. The lowest BCUT2D eigenvalue weighted by Crippen LogP contribution is -2.27. The van der Waals surface area contributed by atoms with Crippen LogP contribution >= 0.6 is 0 Å². The molecule has 0 unspecified atom stereocenters. The molecule has 0 bridgehead atoms. The lowest BCUT2D eigenvalue weighted by Gasteiger charge is -2.13. The number of hydrogen-bond acceptors (Lipinski definition) is 4. The van der Waals surface area contributed by atoms with Crippen LogP contribution in [0.15, 0.2) is 30.5 Å². The van der Waals surface area contributed by atoms with Crippen LogP contribution < -0.4 is 11.1 Å². The van der Waals surface area contributed by atoms with Crippen LogP contribution in [0.1, 0.15) is 29.0 Å². The van der Waals surface area contributed by atoms with Gasteiger partial charge in [0, 0.05) is 6.54 Å². The van der Waals surface area contributed by atoms with Crippen molar-refractivity contribution in [3.8, 4) is 0 Å². The van der Waals surface area contributed by atoms with Crippen LogP contribution in [0.3, 0.4) is 0 Å². The molecule has 6 nitrogen and oxygen atoms in total. The van der Waals surface area contributed by atoms with Crippen LogP contribution in [0.4, 0.5) is 4.39 Å². The second-order valence-corrected chi connectivity index (χ2v) is 4.40. The lowest BCUT2D eigenvalue weighted by atomic mass is 10.1. The van der Waals surface area contributed by atoms with Crippen molar-refractivity contribution in [3.63, 3.8) is 0 Å². The highest BCUT2D eigenvalue weighted by molar-refractivity contribution is 5.92. The standard InChI is InChI=1S/C13H16FN5O/c1-9(10-2-4-11(14)5-3-10)16-13(20)12-8-19(7-6-15)18-17-12/h2-5,8-9H,6-7,15H2,1H3,(H,16,20)/t9-/m1/s1. The summed E-state index contributed by atoms with van der Waals surface area (Å²) in [5.41, 5.74) is 6.44. The maximum absolute atomic E-state index is 12.8. The fraction of sp³-hybridized carbons (Fsp3) is 0.308. The number of carbonyl (C=O) groups is 1. The number of carbonyl (C=O) groups excluding carboxylic acids is 1. The van der Waals surface area contributed by atoms with Gasteiger partial charge < -0.3 is 11.1 Å². The number of aromatic nitrogens is 3. The lowest BCUT2D eigenvalue weighted by molar-refractivity contribution is 0.0934. The normalized spacial score (nSPS) is 12.2. The van der Waals surface area contributed by atoms with E-state index in [1.54, 1.807) is 18.3 Å². The average molecular weight is 277 g/mol. The third kappa shape index (κ3) is 3.39. The highest BCUT2D eigenvalue weighted by Crippen LogP contribution is 2.13. The Morgan fingerprint density at radius 1 is 1.45 bits per heavy atom. The van der Waals surface area contributed by atoms with Crippen LogP contribution in [-0.2, 0) is 6.54 Å². The van der Waals surface area contributed by atoms with Crippen molar-refractivity contribution in [1.29, 1.82) is 0 Å². The first-order valence-electron chi connectivity index (χ1n) is 6.26. The number of nitrogens with zero attached hydrogens (tertiary/aromatic N) is 3. The molecule has 1 amide bonds. The van der Waals surface area contributed by atoms with Crippen LogP contribution in [0.2, 0.25) is 0 Å². The van der Waals surface area contributed by atoms with Crippen molar-refractivity contribution in [3.05, 3.63) is 47.5 Å². The molecule has 0 aliphatic heterocycles. The number of rotatable bonds is 5. The van der Waals surface area contributed by atoms with E-state index in [0.29, 0.717) is 13.1 Å². The molecule has 3 N–H and O–H groups in total. The van der Waals surface area contributed by atoms with E-state index in [1.807, 2.05) is 6.92 Å². The van der Waals surface area contributed by atoms with Crippen molar-refractivity contribution in [2.45, 2.75) is 19.5 Å². The Balaban J connectivity index is 2.01. The van der Waals surface area contributed by atoms with Gasteiger partial charge >= 0.3 is 0 Å². The minimum atomic E-state index is -0.329. The number of benzene rings is 1. The van der Waals surface area contributed by atoms with Gasteiger partial charge in [0.1, 0.15) is 5.82 Å². The number of amides is 1. The van der Waals surface area contributed by atoms with Crippen molar-refractivity contribution in [2.24, 2.45) is 5.73 Å². The summed E-state index contributed by atoms with van der Waals surface area (Å²) in [4.78, 5) is 12.0. The van der Waals surface area contributed by atoms with Crippen molar-refractivity contribution < 1.29 is 9.18 Å². The van der Waals surface area contributed by atoms with Gasteiger partial charge in [0.05, 0.1) is 18.8 Å². The second-order valence-electron chi connectivity index (χ2n) is 4.40. The van der Waals surface area contributed by atoms with E-state index < -0.39 is 0 Å². The summed E-state index contributed by atoms with van der Waals surface area (Å²) in [6.45, 7) is 2.75. The summed E-state index contributed by atoms with van der Waals surface area (Å²) in [5.74, 6) is -0.637. The van der Waals surface area contributed by atoms with Gasteiger partial charge in [-0.05, 0) is 24.6 Å². The summed E-state index contributed by atoms with van der Waals surface area (Å²) in [5, 5.41) is 10.4. The zero-order valence-electron chi connectivity index (χ0n) is 11.1. The zero-order valence-corrected chi connectivity index (χ0v) is 11.1. The first-order valence-corrected chi connectivity index (χ1v) is 6.26. The van der Waals surface area contributed by atoms with Crippen molar-refractivity contribution >= 4 is 5.91 Å². The minimum Gasteiger partial charge on any atom is -0.344 e. The van der Waals surface area contributed by atoms with E-state index in [-0.39, 0.29) is 23.5 Å². The second kappa shape index (κ2) is 6.25. The zero-order chi connectivity index (χ0) is 14.5. The Hall–Kier alpha value is -2.28. The van der Waals surface area contributed by atoms with Gasteiger partial charge in [-0.3, -0.25) is 9.48 Å². The van der Waals surface area contributed by atoms with E-state index in [0.717, 1.165) is 5.56 Å². The van der Waals surface area contributed by atoms with Gasteiger partial charge in [0.15, 0.2) is 5.69 Å². The predicted octanol–water partition coefficient (Wildman–Crippen LogP) is 0.867. The summed E-state index contributed by atoms with van der Waals surface area (Å²) >= 11 is 0. The Morgan fingerprint density at radius 3 is 2.80 bits per heavy atom. The molecule has 1 atom stereocenters. The maximum Gasteiger partial charge on any atom is 0.273 e. The Morgan fingerprint density at radius 2 is 2.15 bits per heavy atom. The quantitative estimate of drug-likeness (QED) is 0.849. The molecule has 1 aromatic carbocycles. The summed E-state index contributed by atoms with van der Waals surface area (Å²) in [6.07, 6.45) is 1.54. The molecule has 0 aliphatic carbocycles. The predicted molar refractivity (Wildman–Crippen MR) is 71.4 cm³/mol. The van der Waals surface area contributed by atoms with Crippen LogP contribution in [0, 0.1) is 5.82 Å². The van der Waals surface area contributed by atoms with Crippen LogP contribution in [-0.4, -0.2) is 27.4 Å². The molecule has 0 aliphatic rings. The molecule has 2 aromatic rings. The highest BCUT2D eigenvalue weighted by atomic mass is 19.1. The molecule has 20 heavy (non-hydrogen) atoms. The van der Waals surface area contributed by atoms with Crippen molar-refractivity contribution in [2.75, 3.05) is 6.54 Å². The number of nitrogens with one attached hydrogen (secondary N) is 1. The van der Waals surface area contributed by atoms with E-state index in [2.05, 4.69) is 15.6 Å². The molecule has 7 heteroatoms. The minimum absolute atomic E-state index is 0.229. The van der Waals surface area contributed by atoms with Crippen molar-refractivity contribution in [1.82, 2.24) is 20.3 Å². The maximum atomic E-state index is 12.8. The Bertz CT molecular complexity index is 581. The monoisotopic (exact) mass is 277 g/mol. The van der Waals surface area contributed by atoms with Gasteiger partial charge in [-0.15, -0.1) is 5.10 Å². The van der Waals surface area contributed by atoms with E-state index in [9.17, 15) is 9.18 Å². The van der Waals surface area contributed by atoms with Crippen LogP contribution in [0.25, 0.3) is 0 Å². The third-order valence-electron chi connectivity index (χ3n) is 2.85. The van der Waals surface area contributed by atoms with Gasteiger partial charge in [-0.25, -0.2) is 4.39 Å². The first-order chi connectivity index (χ1) is 9.60. The number of hydrogen-bond donors (Lipinski definition) is 2. The highest BCUT2D eigenvalue weighted by Gasteiger charge is 2.14. The molecule has 0 fully saturated rings. The van der Waals surface area contributed by atoms with Gasteiger partial charge in [0.2, 0.25) is 0 Å². The SMILES string of the molecule is C[C@@H](NC(=O)c1cn(CCN)nn1)c1ccc(F)cc1. The Labute approximate surface area is 115 Å². The summed E-state index contributed by atoms with van der Waals surface area (Å²) in [6, 6.07) is 5.73. The smallest absolute Gasteiger partial charge is 0.273 e. The number of nitrogens with two attached hydrogens (primary N) is 1. The topological polar surface area (TPSA) is 85.8 Å². The first kappa shape index (κ1) is 14.1. The average Bonchev–Trinajstić information content (AvgIpc) is 2.88. The third-order valence-corrected chi connectivity index (χ3v) is 2.85. The molecular formula is C13H16FN5O. The molecule has 0 saturated carbocycles. The van der Waals surface area contributed by atoms with Gasteiger partial charge in [-0.1, -0.05) is 17.3 Å². The van der Waals surface area contributed by atoms with Gasteiger partial charge in [0.25, 0.3) is 5.91 Å². The van der Waals surface area contributed by atoms with E-state index in [4.69, 9.17) is 5.73 Å². The van der Waals surface area contributed by atoms with Gasteiger partial charge in [-0.2, -0.15) is 0 Å². The van der Waals surface area contributed by atoms with E-state index >= 15 is 0 Å². The molecular weight excluding hydrogens is 261 g/mol. The summed E-state index contributed by atoms with van der Waals surface area (Å²) in [7, 11) is 0. The molecule has 0 radical (unpaired) electrons. The molecule has 1 aromatic heterocycles. The Kier molecular flexibility index (Phi) is 4.41. The molecule has 2 rings (SSSR count). The van der Waals surface area contributed by atoms with Crippen LogP contribution in [0.5, 0.6) is 0 Å². The summed E-state index contributed by atoms with van der Waals surface area (Å²) < 4.78 is 14.3. The molecule has 0 saturated heterocycles. The fourth-order valence-corrected chi connectivity index (χ4v) is 1.75.